The van der Waals surface area contributed by atoms with E-state index in [4.69, 9.17) is 14.2 Å². The van der Waals surface area contributed by atoms with Crippen molar-refractivity contribution in [3.05, 3.63) is 48.0 Å². The van der Waals surface area contributed by atoms with Crippen molar-refractivity contribution < 1.29 is 22.6 Å². The third-order valence-corrected chi connectivity index (χ3v) is 5.52. The van der Waals surface area contributed by atoms with Gasteiger partial charge < -0.3 is 14.2 Å². The summed E-state index contributed by atoms with van der Waals surface area (Å²) in [7, 11) is -2.09. The van der Waals surface area contributed by atoms with E-state index in [1.54, 1.807) is 13.2 Å². The SMILES string of the molecule is CCC(NS(=O)(=O)c1ccc2c(c1)OCCO2)c1ccc(OC)cc1. The first-order valence-electron chi connectivity index (χ1n) is 8.09. The number of nitrogens with one attached hydrogen (secondary N) is 1. The Morgan fingerprint density at radius 2 is 1.76 bits per heavy atom. The van der Waals surface area contributed by atoms with E-state index in [-0.39, 0.29) is 10.9 Å². The predicted molar refractivity (Wildman–Crippen MR) is 93.8 cm³/mol. The van der Waals surface area contributed by atoms with Gasteiger partial charge in [0.1, 0.15) is 19.0 Å². The van der Waals surface area contributed by atoms with Crippen molar-refractivity contribution in [3.8, 4) is 17.2 Å². The molecule has 1 atom stereocenters. The lowest BCUT2D eigenvalue weighted by Crippen LogP contribution is -2.28. The summed E-state index contributed by atoms with van der Waals surface area (Å²) in [6.45, 7) is 2.81. The summed E-state index contributed by atoms with van der Waals surface area (Å²) in [6, 6.07) is 11.7. The number of methoxy groups -OCH3 is 1. The Bertz CT molecular complexity index is 833. The Morgan fingerprint density at radius 1 is 1.08 bits per heavy atom. The van der Waals surface area contributed by atoms with Crippen molar-refractivity contribution in [2.75, 3.05) is 20.3 Å². The van der Waals surface area contributed by atoms with Crippen molar-refractivity contribution >= 4 is 10.0 Å². The number of hydrogen-bond acceptors (Lipinski definition) is 5. The van der Waals surface area contributed by atoms with E-state index in [1.165, 1.54) is 12.1 Å². The van der Waals surface area contributed by atoms with E-state index >= 15 is 0 Å². The maximum atomic E-state index is 12.8. The van der Waals surface area contributed by atoms with Crippen molar-refractivity contribution in [3.63, 3.8) is 0 Å². The normalized spacial score (nSPS) is 14.8. The molecule has 1 aliphatic rings. The van der Waals surface area contributed by atoms with Crippen molar-refractivity contribution in [2.24, 2.45) is 0 Å². The Kier molecular flexibility index (Phi) is 5.15. The summed E-state index contributed by atoms with van der Waals surface area (Å²) in [6.07, 6.45) is 0.621. The third kappa shape index (κ3) is 3.88. The number of rotatable bonds is 6. The van der Waals surface area contributed by atoms with Gasteiger partial charge >= 0.3 is 0 Å². The molecule has 1 N–H and O–H groups in total. The van der Waals surface area contributed by atoms with Gasteiger partial charge in [0, 0.05) is 12.1 Å². The van der Waals surface area contributed by atoms with Gasteiger partial charge in [0.2, 0.25) is 10.0 Å². The Labute approximate surface area is 147 Å². The monoisotopic (exact) mass is 363 g/mol. The molecular weight excluding hydrogens is 342 g/mol. The first-order chi connectivity index (χ1) is 12.0. The molecule has 0 radical (unpaired) electrons. The molecule has 0 aliphatic carbocycles. The lowest BCUT2D eigenvalue weighted by molar-refractivity contribution is 0.171. The molecule has 3 rings (SSSR count). The maximum absolute atomic E-state index is 12.8. The minimum absolute atomic E-state index is 0.156. The molecule has 1 aliphatic heterocycles. The topological polar surface area (TPSA) is 73.9 Å². The van der Waals surface area contributed by atoms with E-state index in [2.05, 4.69) is 4.72 Å². The fraction of sp³-hybridized carbons (Fsp3) is 0.333. The number of hydrogen-bond donors (Lipinski definition) is 1. The Balaban J connectivity index is 1.83. The zero-order valence-corrected chi connectivity index (χ0v) is 15.0. The van der Waals surface area contributed by atoms with Crippen LogP contribution in [0.2, 0.25) is 0 Å². The van der Waals surface area contributed by atoms with Crippen molar-refractivity contribution in [1.29, 1.82) is 0 Å². The van der Waals surface area contributed by atoms with Crippen molar-refractivity contribution in [1.82, 2.24) is 4.72 Å². The molecule has 0 saturated heterocycles. The van der Waals surface area contributed by atoms with Crippen LogP contribution in [0.15, 0.2) is 47.4 Å². The van der Waals surface area contributed by atoms with Crippen LogP contribution < -0.4 is 18.9 Å². The zero-order chi connectivity index (χ0) is 17.9. The first kappa shape index (κ1) is 17.6. The number of fused-ring (bicyclic) bond motifs is 1. The molecule has 6 nitrogen and oxygen atoms in total. The highest BCUT2D eigenvalue weighted by molar-refractivity contribution is 7.89. The highest BCUT2D eigenvalue weighted by Crippen LogP contribution is 2.32. The quantitative estimate of drug-likeness (QED) is 0.854. The van der Waals surface area contributed by atoms with Crippen LogP contribution in [-0.2, 0) is 10.0 Å². The maximum Gasteiger partial charge on any atom is 0.241 e. The molecule has 25 heavy (non-hydrogen) atoms. The Hall–Kier alpha value is -2.25. The van der Waals surface area contributed by atoms with Crippen molar-refractivity contribution in [2.45, 2.75) is 24.3 Å². The van der Waals surface area contributed by atoms with Crippen LogP contribution in [0.25, 0.3) is 0 Å². The summed E-state index contributed by atoms with van der Waals surface area (Å²) in [5, 5.41) is 0. The van der Waals surface area contributed by atoms with Crippen LogP contribution in [0, 0.1) is 0 Å². The second kappa shape index (κ2) is 7.33. The zero-order valence-electron chi connectivity index (χ0n) is 14.2. The largest absolute Gasteiger partial charge is 0.497 e. The average molecular weight is 363 g/mol. The predicted octanol–water partition coefficient (Wildman–Crippen LogP) is 2.90. The number of sulfonamides is 1. The highest BCUT2D eigenvalue weighted by atomic mass is 32.2. The Morgan fingerprint density at radius 3 is 2.40 bits per heavy atom. The van der Waals surface area contributed by atoms with Gasteiger partial charge in [0.05, 0.1) is 12.0 Å². The standard InChI is InChI=1S/C18H21NO5S/c1-3-16(13-4-6-14(22-2)7-5-13)19-25(20,21)15-8-9-17-18(12-15)24-11-10-23-17/h4-9,12,16,19H,3,10-11H2,1-2H3. The van der Waals surface area contributed by atoms with Crippen LogP contribution in [-0.4, -0.2) is 28.7 Å². The van der Waals surface area contributed by atoms with Gasteiger partial charge in [-0.3, -0.25) is 0 Å². The summed E-state index contributed by atoms with van der Waals surface area (Å²) in [4.78, 5) is 0.156. The second-order valence-corrected chi connectivity index (χ2v) is 7.37. The molecule has 0 amide bonds. The van der Waals surface area contributed by atoms with Crippen LogP contribution in [0.4, 0.5) is 0 Å². The van der Waals surface area contributed by atoms with Crippen LogP contribution in [0.1, 0.15) is 24.9 Å². The average Bonchev–Trinajstić information content (AvgIpc) is 2.66. The van der Waals surface area contributed by atoms with Crippen LogP contribution in [0.5, 0.6) is 17.2 Å². The van der Waals surface area contributed by atoms with Crippen LogP contribution in [0.3, 0.4) is 0 Å². The van der Waals surface area contributed by atoms with Gasteiger partial charge in [0.25, 0.3) is 0 Å². The van der Waals surface area contributed by atoms with E-state index in [1.807, 2.05) is 31.2 Å². The third-order valence-electron chi connectivity index (χ3n) is 4.05. The molecule has 1 heterocycles. The minimum Gasteiger partial charge on any atom is -0.497 e. The summed E-state index contributed by atoms with van der Waals surface area (Å²) in [5.41, 5.74) is 0.879. The van der Waals surface area contributed by atoms with Gasteiger partial charge in [0.15, 0.2) is 11.5 Å². The molecule has 2 aromatic rings. The van der Waals surface area contributed by atoms with E-state index in [0.29, 0.717) is 31.1 Å². The van der Waals surface area contributed by atoms with Gasteiger partial charge in [-0.2, -0.15) is 0 Å². The van der Waals surface area contributed by atoms with Gasteiger partial charge in [-0.15, -0.1) is 0 Å². The molecule has 7 heteroatoms. The second-order valence-electron chi connectivity index (χ2n) is 5.66. The van der Waals surface area contributed by atoms with Gasteiger partial charge in [-0.25, -0.2) is 13.1 Å². The van der Waals surface area contributed by atoms with Gasteiger partial charge in [-0.1, -0.05) is 19.1 Å². The molecular formula is C18H21NO5S. The first-order valence-corrected chi connectivity index (χ1v) is 9.57. The van der Waals surface area contributed by atoms with E-state index in [0.717, 1.165) is 11.3 Å². The lowest BCUT2D eigenvalue weighted by Gasteiger charge is -2.21. The summed E-state index contributed by atoms with van der Waals surface area (Å²) < 4.78 is 44.3. The smallest absolute Gasteiger partial charge is 0.241 e. The minimum atomic E-state index is -3.69. The van der Waals surface area contributed by atoms with E-state index in [9.17, 15) is 8.42 Å². The van der Waals surface area contributed by atoms with E-state index < -0.39 is 10.0 Å². The summed E-state index contributed by atoms with van der Waals surface area (Å²) >= 11 is 0. The van der Waals surface area contributed by atoms with Gasteiger partial charge in [-0.05, 0) is 36.2 Å². The molecule has 134 valence electrons. The number of ether oxygens (including phenoxy) is 3. The molecule has 0 bridgehead atoms. The van der Waals surface area contributed by atoms with Crippen LogP contribution >= 0.6 is 0 Å². The molecule has 0 aromatic heterocycles. The molecule has 0 spiro atoms. The number of benzene rings is 2. The molecule has 2 aromatic carbocycles. The molecule has 0 saturated carbocycles. The molecule has 1 unspecified atom stereocenters. The lowest BCUT2D eigenvalue weighted by atomic mass is 10.1. The highest BCUT2D eigenvalue weighted by Gasteiger charge is 2.23. The summed E-state index contributed by atoms with van der Waals surface area (Å²) in [5.74, 6) is 1.74. The fourth-order valence-corrected chi connectivity index (χ4v) is 3.99. The fourth-order valence-electron chi connectivity index (χ4n) is 2.67. The molecule has 0 fully saturated rings.